The van der Waals surface area contributed by atoms with Crippen LogP contribution in [0.25, 0.3) is 11.1 Å². The summed E-state index contributed by atoms with van der Waals surface area (Å²) in [5.74, 6) is -0.398. The van der Waals surface area contributed by atoms with E-state index in [1.165, 1.54) is 0 Å². The molecule has 2 aromatic carbocycles. The molecule has 0 amide bonds. The van der Waals surface area contributed by atoms with Crippen molar-refractivity contribution < 1.29 is 4.39 Å². The Kier molecular flexibility index (Phi) is 4.61. The lowest BCUT2D eigenvalue weighted by Crippen LogP contribution is -2.12. The van der Waals surface area contributed by atoms with Gasteiger partial charge in [0.05, 0.1) is 5.02 Å². The number of nitrogens with one attached hydrogen (secondary N) is 1. The molecule has 1 N–H and O–H groups in total. The first-order valence-electron chi connectivity index (χ1n) is 5.95. The topological polar surface area (TPSA) is 12.0 Å². The molecule has 0 aliphatic carbocycles. The first kappa shape index (κ1) is 14.5. The molecule has 0 aliphatic rings. The van der Waals surface area contributed by atoms with E-state index in [4.69, 9.17) is 11.6 Å². The van der Waals surface area contributed by atoms with Crippen LogP contribution in [0.5, 0.6) is 0 Å². The minimum Gasteiger partial charge on any atom is -0.313 e. The third-order valence-corrected chi connectivity index (χ3v) is 4.42. The standard InChI is InChI=1S/C15H14BrClFN/c1-9(19-2)10-4-3-5-11(8-10)12-6-7-13(16)14(17)15(12)18/h3-9,19H,1-2H3. The molecule has 100 valence electrons. The van der Waals surface area contributed by atoms with Gasteiger partial charge in [-0.3, -0.25) is 0 Å². The molecule has 0 fully saturated rings. The lowest BCUT2D eigenvalue weighted by molar-refractivity contribution is 0.630. The van der Waals surface area contributed by atoms with E-state index in [-0.39, 0.29) is 11.1 Å². The van der Waals surface area contributed by atoms with E-state index < -0.39 is 5.82 Å². The molecular weight excluding hydrogens is 329 g/mol. The van der Waals surface area contributed by atoms with Gasteiger partial charge in [0.15, 0.2) is 5.82 Å². The normalized spacial score (nSPS) is 12.5. The summed E-state index contributed by atoms with van der Waals surface area (Å²) < 4.78 is 14.8. The molecule has 0 aromatic heterocycles. The van der Waals surface area contributed by atoms with Crippen LogP contribution in [0.4, 0.5) is 4.39 Å². The van der Waals surface area contributed by atoms with E-state index >= 15 is 0 Å². The van der Waals surface area contributed by atoms with Crippen LogP contribution in [0.1, 0.15) is 18.5 Å². The molecular formula is C15H14BrClFN. The number of benzene rings is 2. The van der Waals surface area contributed by atoms with Gasteiger partial charge in [-0.15, -0.1) is 0 Å². The van der Waals surface area contributed by atoms with Gasteiger partial charge in [-0.05, 0) is 53.2 Å². The van der Waals surface area contributed by atoms with Crippen molar-refractivity contribution in [3.63, 3.8) is 0 Å². The molecule has 4 heteroatoms. The Morgan fingerprint density at radius 2 is 2.00 bits per heavy atom. The van der Waals surface area contributed by atoms with Crippen LogP contribution in [0.3, 0.4) is 0 Å². The Balaban J connectivity index is 2.51. The van der Waals surface area contributed by atoms with Crippen LogP contribution >= 0.6 is 27.5 Å². The maximum absolute atomic E-state index is 14.2. The Morgan fingerprint density at radius 1 is 1.26 bits per heavy atom. The second kappa shape index (κ2) is 6.04. The summed E-state index contributed by atoms with van der Waals surface area (Å²) in [6, 6.07) is 11.5. The molecule has 0 saturated heterocycles. The van der Waals surface area contributed by atoms with Gasteiger partial charge in [0.2, 0.25) is 0 Å². The van der Waals surface area contributed by atoms with Crippen molar-refractivity contribution in [3.8, 4) is 11.1 Å². The average Bonchev–Trinajstić information content (AvgIpc) is 2.44. The van der Waals surface area contributed by atoms with Crippen LogP contribution in [-0.4, -0.2) is 7.05 Å². The van der Waals surface area contributed by atoms with E-state index in [1.54, 1.807) is 12.1 Å². The van der Waals surface area contributed by atoms with Gasteiger partial charge in [0.25, 0.3) is 0 Å². The minimum absolute atomic E-state index is 0.115. The zero-order valence-electron chi connectivity index (χ0n) is 10.7. The quantitative estimate of drug-likeness (QED) is 0.757. The van der Waals surface area contributed by atoms with Crippen LogP contribution in [0.15, 0.2) is 40.9 Å². The summed E-state index contributed by atoms with van der Waals surface area (Å²) in [6.07, 6.45) is 0. The van der Waals surface area contributed by atoms with Crippen molar-refractivity contribution in [2.45, 2.75) is 13.0 Å². The summed E-state index contributed by atoms with van der Waals surface area (Å²) in [6.45, 7) is 2.06. The number of rotatable bonds is 3. The zero-order valence-corrected chi connectivity index (χ0v) is 13.0. The van der Waals surface area contributed by atoms with Crippen LogP contribution < -0.4 is 5.32 Å². The van der Waals surface area contributed by atoms with Crippen molar-refractivity contribution in [1.29, 1.82) is 0 Å². The molecule has 0 spiro atoms. The molecule has 0 aliphatic heterocycles. The first-order chi connectivity index (χ1) is 9.04. The monoisotopic (exact) mass is 341 g/mol. The highest BCUT2D eigenvalue weighted by atomic mass is 79.9. The fourth-order valence-corrected chi connectivity index (χ4v) is 2.36. The molecule has 19 heavy (non-hydrogen) atoms. The second-order valence-corrected chi connectivity index (χ2v) is 5.59. The fourth-order valence-electron chi connectivity index (χ4n) is 1.89. The van der Waals surface area contributed by atoms with E-state index in [0.717, 1.165) is 11.1 Å². The van der Waals surface area contributed by atoms with E-state index in [2.05, 4.69) is 28.2 Å². The third-order valence-electron chi connectivity index (χ3n) is 3.17. The average molecular weight is 343 g/mol. The maximum Gasteiger partial charge on any atom is 0.150 e. The highest BCUT2D eigenvalue weighted by Crippen LogP contribution is 2.33. The highest BCUT2D eigenvalue weighted by molar-refractivity contribution is 9.10. The molecule has 0 bridgehead atoms. The maximum atomic E-state index is 14.2. The number of hydrogen-bond acceptors (Lipinski definition) is 1. The lowest BCUT2D eigenvalue weighted by Gasteiger charge is -2.13. The van der Waals surface area contributed by atoms with Gasteiger partial charge in [-0.2, -0.15) is 0 Å². The Morgan fingerprint density at radius 3 is 2.68 bits per heavy atom. The predicted molar refractivity (Wildman–Crippen MR) is 82.0 cm³/mol. The smallest absolute Gasteiger partial charge is 0.150 e. The minimum atomic E-state index is -0.398. The summed E-state index contributed by atoms with van der Waals surface area (Å²) >= 11 is 9.15. The van der Waals surface area contributed by atoms with Gasteiger partial charge in [0, 0.05) is 16.1 Å². The van der Waals surface area contributed by atoms with Gasteiger partial charge in [-0.25, -0.2) is 4.39 Å². The van der Waals surface area contributed by atoms with E-state index in [0.29, 0.717) is 10.0 Å². The van der Waals surface area contributed by atoms with Crippen molar-refractivity contribution in [2.24, 2.45) is 0 Å². The fraction of sp³-hybridized carbons (Fsp3) is 0.200. The largest absolute Gasteiger partial charge is 0.313 e. The van der Waals surface area contributed by atoms with Crippen LogP contribution in [0, 0.1) is 5.82 Å². The second-order valence-electron chi connectivity index (χ2n) is 4.36. The van der Waals surface area contributed by atoms with Crippen LogP contribution in [-0.2, 0) is 0 Å². The Bertz CT molecular complexity index is 601. The predicted octanol–water partition coefficient (Wildman–Crippen LogP) is 5.19. The van der Waals surface area contributed by atoms with Crippen molar-refractivity contribution in [3.05, 3.63) is 57.3 Å². The van der Waals surface area contributed by atoms with Crippen LogP contribution in [0.2, 0.25) is 5.02 Å². The lowest BCUT2D eigenvalue weighted by atomic mass is 10.00. The summed E-state index contributed by atoms with van der Waals surface area (Å²) in [7, 11) is 1.90. The number of hydrogen-bond donors (Lipinski definition) is 1. The Labute approximate surface area is 125 Å². The van der Waals surface area contributed by atoms with E-state index in [9.17, 15) is 4.39 Å². The third kappa shape index (κ3) is 2.99. The molecule has 1 nitrogen and oxygen atoms in total. The SMILES string of the molecule is CNC(C)c1cccc(-c2ccc(Br)c(Cl)c2F)c1. The molecule has 2 aromatic rings. The first-order valence-corrected chi connectivity index (χ1v) is 7.12. The Hall–Kier alpha value is -0.900. The molecule has 1 unspecified atom stereocenters. The number of halogens is 3. The molecule has 0 saturated carbocycles. The van der Waals surface area contributed by atoms with Crippen molar-refractivity contribution in [2.75, 3.05) is 7.05 Å². The van der Waals surface area contributed by atoms with Crippen molar-refractivity contribution in [1.82, 2.24) is 5.32 Å². The molecule has 2 rings (SSSR count). The highest BCUT2D eigenvalue weighted by Gasteiger charge is 2.13. The van der Waals surface area contributed by atoms with E-state index in [1.807, 2.05) is 31.3 Å². The zero-order chi connectivity index (χ0) is 14.0. The van der Waals surface area contributed by atoms with Gasteiger partial charge < -0.3 is 5.32 Å². The van der Waals surface area contributed by atoms with Gasteiger partial charge in [0.1, 0.15) is 0 Å². The summed E-state index contributed by atoms with van der Waals surface area (Å²) in [5.41, 5.74) is 2.45. The summed E-state index contributed by atoms with van der Waals surface area (Å²) in [5, 5.41) is 3.28. The van der Waals surface area contributed by atoms with Gasteiger partial charge in [-0.1, -0.05) is 35.9 Å². The molecule has 0 heterocycles. The molecule has 0 radical (unpaired) electrons. The van der Waals surface area contributed by atoms with Gasteiger partial charge >= 0.3 is 0 Å². The summed E-state index contributed by atoms with van der Waals surface area (Å²) in [4.78, 5) is 0. The molecule has 1 atom stereocenters. The van der Waals surface area contributed by atoms with Crippen molar-refractivity contribution >= 4 is 27.5 Å².